The maximum absolute atomic E-state index is 6.19. The molecule has 2 unspecified atom stereocenters. The van der Waals surface area contributed by atoms with Crippen LogP contribution in [0.5, 0.6) is 5.75 Å². The maximum atomic E-state index is 6.19. The summed E-state index contributed by atoms with van der Waals surface area (Å²) in [5.41, 5.74) is 7.20. The molecule has 0 radical (unpaired) electrons. The lowest BCUT2D eigenvalue weighted by atomic mass is 10.0. The Hall–Kier alpha value is -1.10. The predicted octanol–water partition coefficient (Wildman–Crippen LogP) is 2.14. The van der Waals surface area contributed by atoms with E-state index in [1.807, 2.05) is 31.2 Å². The van der Waals surface area contributed by atoms with Gasteiger partial charge in [0.25, 0.3) is 0 Å². The Labute approximate surface area is 109 Å². The number of nitrogens with two attached hydrogens (primary N) is 1. The van der Waals surface area contributed by atoms with Gasteiger partial charge in [0.2, 0.25) is 0 Å². The van der Waals surface area contributed by atoms with E-state index in [0.717, 1.165) is 17.7 Å². The molecule has 0 aromatic heterocycles. The number of methoxy groups -OCH3 is 2. The van der Waals surface area contributed by atoms with Gasteiger partial charge < -0.3 is 19.9 Å². The second-order valence-corrected chi connectivity index (χ2v) is 4.27. The molecule has 2 atom stereocenters. The van der Waals surface area contributed by atoms with E-state index in [9.17, 15) is 0 Å². The molecule has 1 aromatic rings. The number of para-hydroxylation sites is 1. The summed E-state index contributed by atoms with van der Waals surface area (Å²) in [5.74, 6) is 0.824. The molecule has 18 heavy (non-hydrogen) atoms. The third-order valence-corrected chi connectivity index (χ3v) is 2.85. The standard InChI is InChI=1S/C14H23NO3/c1-11(17-3)10-13(15)12-6-4-5-7-14(12)18-9-8-16-2/h4-7,11,13H,8-10,15H2,1-3H3. The van der Waals surface area contributed by atoms with Gasteiger partial charge in [0, 0.05) is 25.8 Å². The minimum absolute atomic E-state index is 0.0845. The second-order valence-electron chi connectivity index (χ2n) is 4.27. The molecular weight excluding hydrogens is 230 g/mol. The van der Waals surface area contributed by atoms with Crippen molar-refractivity contribution in [2.24, 2.45) is 5.73 Å². The van der Waals surface area contributed by atoms with E-state index >= 15 is 0 Å². The molecule has 0 spiro atoms. The minimum Gasteiger partial charge on any atom is -0.491 e. The fraction of sp³-hybridized carbons (Fsp3) is 0.571. The molecule has 4 nitrogen and oxygen atoms in total. The summed E-state index contributed by atoms with van der Waals surface area (Å²) in [6.45, 7) is 3.10. The van der Waals surface area contributed by atoms with Crippen LogP contribution in [0.15, 0.2) is 24.3 Å². The van der Waals surface area contributed by atoms with Crippen molar-refractivity contribution in [3.8, 4) is 5.75 Å². The van der Waals surface area contributed by atoms with Gasteiger partial charge in [0.1, 0.15) is 12.4 Å². The normalized spacial score (nSPS) is 14.2. The van der Waals surface area contributed by atoms with E-state index in [4.69, 9.17) is 19.9 Å². The van der Waals surface area contributed by atoms with Crippen LogP contribution in [0.1, 0.15) is 24.9 Å². The van der Waals surface area contributed by atoms with Gasteiger partial charge in [-0.25, -0.2) is 0 Å². The van der Waals surface area contributed by atoms with Gasteiger partial charge >= 0.3 is 0 Å². The molecule has 0 saturated carbocycles. The highest BCUT2D eigenvalue weighted by molar-refractivity contribution is 5.35. The molecule has 1 rings (SSSR count). The van der Waals surface area contributed by atoms with Crippen molar-refractivity contribution in [3.63, 3.8) is 0 Å². The van der Waals surface area contributed by atoms with Crippen LogP contribution >= 0.6 is 0 Å². The van der Waals surface area contributed by atoms with Gasteiger partial charge in [-0.1, -0.05) is 18.2 Å². The minimum atomic E-state index is -0.0845. The molecule has 0 bridgehead atoms. The monoisotopic (exact) mass is 253 g/mol. The number of hydrogen-bond acceptors (Lipinski definition) is 4. The molecule has 102 valence electrons. The third kappa shape index (κ3) is 4.64. The van der Waals surface area contributed by atoms with Crippen LogP contribution in [0.2, 0.25) is 0 Å². The molecule has 4 heteroatoms. The highest BCUT2D eigenvalue weighted by Gasteiger charge is 2.14. The van der Waals surface area contributed by atoms with Gasteiger partial charge in [-0.3, -0.25) is 0 Å². The molecule has 1 aromatic carbocycles. The lowest BCUT2D eigenvalue weighted by molar-refractivity contribution is 0.104. The highest BCUT2D eigenvalue weighted by Crippen LogP contribution is 2.26. The van der Waals surface area contributed by atoms with E-state index in [1.165, 1.54) is 0 Å². The first-order chi connectivity index (χ1) is 8.69. The Kier molecular flexibility index (Phi) is 6.72. The van der Waals surface area contributed by atoms with E-state index in [1.54, 1.807) is 14.2 Å². The van der Waals surface area contributed by atoms with Crippen LogP contribution < -0.4 is 10.5 Å². The molecule has 0 aliphatic carbocycles. The Morgan fingerprint density at radius 1 is 1.17 bits per heavy atom. The third-order valence-electron chi connectivity index (χ3n) is 2.85. The summed E-state index contributed by atoms with van der Waals surface area (Å²) < 4.78 is 15.9. The van der Waals surface area contributed by atoms with E-state index in [2.05, 4.69) is 0 Å². The highest BCUT2D eigenvalue weighted by atomic mass is 16.5. The Morgan fingerprint density at radius 2 is 1.89 bits per heavy atom. The van der Waals surface area contributed by atoms with Crippen LogP contribution in [0.3, 0.4) is 0 Å². The summed E-state index contributed by atoms with van der Waals surface area (Å²) in [6.07, 6.45) is 0.897. The summed E-state index contributed by atoms with van der Waals surface area (Å²) in [4.78, 5) is 0. The van der Waals surface area contributed by atoms with Crippen molar-refractivity contribution in [2.45, 2.75) is 25.5 Å². The molecule has 0 saturated heterocycles. The topological polar surface area (TPSA) is 53.7 Å². The number of ether oxygens (including phenoxy) is 3. The lowest BCUT2D eigenvalue weighted by Gasteiger charge is -2.19. The first-order valence-electron chi connectivity index (χ1n) is 6.18. The van der Waals surface area contributed by atoms with Gasteiger partial charge in [-0.2, -0.15) is 0 Å². The Bertz CT molecular complexity index is 344. The van der Waals surface area contributed by atoms with Gasteiger partial charge in [-0.05, 0) is 19.4 Å². The predicted molar refractivity (Wildman–Crippen MR) is 71.8 cm³/mol. The second kappa shape index (κ2) is 8.08. The fourth-order valence-corrected chi connectivity index (χ4v) is 1.73. The van der Waals surface area contributed by atoms with Crippen LogP contribution in [0.25, 0.3) is 0 Å². The molecular formula is C14H23NO3. The maximum Gasteiger partial charge on any atom is 0.124 e. The van der Waals surface area contributed by atoms with Gasteiger partial charge in [-0.15, -0.1) is 0 Å². The Balaban J connectivity index is 2.68. The van der Waals surface area contributed by atoms with Crippen LogP contribution in [-0.4, -0.2) is 33.5 Å². The summed E-state index contributed by atoms with van der Waals surface area (Å²) in [6, 6.07) is 7.75. The zero-order valence-electron chi connectivity index (χ0n) is 11.4. The largest absolute Gasteiger partial charge is 0.491 e. The first kappa shape index (κ1) is 15.0. The summed E-state index contributed by atoms with van der Waals surface area (Å²) >= 11 is 0. The van der Waals surface area contributed by atoms with E-state index < -0.39 is 0 Å². The van der Waals surface area contributed by atoms with Crippen molar-refractivity contribution in [1.29, 1.82) is 0 Å². The van der Waals surface area contributed by atoms with Crippen molar-refractivity contribution in [2.75, 3.05) is 27.4 Å². The average Bonchev–Trinajstić information content (AvgIpc) is 2.39. The zero-order chi connectivity index (χ0) is 13.4. The van der Waals surface area contributed by atoms with Gasteiger partial charge in [0.05, 0.1) is 12.7 Å². The van der Waals surface area contributed by atoms with Crippen molar-refractivity contribution >= 4 is 0 Å². The van der Waals surface area contributed by atoms with Crippen molar-refractivity contribution < 1.29 is 14.2 Å². The SMILES string of the molecule is COCCOc1ccccc1C(N)CC(C)OC. The van der Waals surface area contributed by atoms with Crippen LogP contribution in [0.4, 0.5) is 0 Å². The van der Waals surface area contributed by atoms with Gasteiger partial charge in [0.15, 0.2) is 0 Å². The number of rotatable bonds is 8. The van der Waals surface area contributed by atoms with E-state index in [-0.39, 0.29) is 12.1 Å². The molecule has 0 aliphatic rings. The zero-order valence-corrected chi connectivity index (χ0v) is 11.4. The van der Waals surface area contributed by atoms with Crippen LogP contribution in [-0.2, 0) is 9.47 Å². The van der Waals surface area contributed by atoms with Crippen LogP contribution in [0, 0.1) is 0 Å². The number of hydrogen-bond donors (Lipinski definition) is 1. The molecule has 2 N–H and O–H groups in total. The summed E-state index contributed by atoms with van der Waals surface area (Å²) in [5, 5.41) is 0. The molecule has 0 heterocycles. The Morgan fingerprint density at radius 3 is 2.56 bits per heavy atom. The van der Waals surface area contributed by atoms with Crippen molar-refractivity contribution in [1.82, 2.24) is 0 Å². The van der Waals surface area contributed by atoms with Crippen molar-refractivity contribution in [3.05, 3.63) is 29.8 Å². The molecule has 0 amide bonds. The molecule has 0 aliphatic heterocycles. The van der Waals surface area contributed by atoms with E-state index in [0.29, 0.717) is 13.2 Å². The lowest BCUT2D eigenvalue weighted by Crippen LogP contribution is -2.19. The summed E-state index contributed by atoms with van der Waals surface area (Å²) in [7, 11) is 3.35. The number of benzene rings is 1. The molecule has 0 fully saturated rings. The first-order valence-corrected chi connectivity index (χ1v) is 6.18. The smallest absolute Gasteiger partial charge is 0.124 e. The average molecular weight is 253 g/mol. The fourth-order valence-electron chi connectivity index (χ4n) is 1.73. The quantitative estimate of drug-likeness (QED) is 0.721.